The van der Waals surface area contributed by atoms with Crippen molar-refractivity contribution >= 4 is 11.7 Å². The molecule has 1 amide bonds. The lowest BCUT2D eigenvalue weighted by Crippen LogP contribution is -2.44. The molecule has 2 N–H and O–H groups in total. The highest BCUT2D eigenvalue weighted by atomic mass is 16.2. The largest absolute Gasteiger partial charge is 0.354 e. The van der Waals surface area contributed by atoms with Crippen molar-refractivity contribution in [3.63, 3.8) is 0 Å². The molecular weight excluding hydrogens is 194 g/mol. The van der Waals surface area contributed by atoms with Gasteiger partial charge in [0, 0.05) is 19.5 Å². The molecule has 1 heterocycles. The Morgan fingerprint density at radius 1 is 1.60 bits per heavy atom. The molecule has 0 saturated carbocycles. The molecule has 0 aliphatic carbocycles. The van der Waals surface area contributed by atoms with Crippen molar-refractivity contribution in [1.82, 2.24) is 15.5 Å². The van der Waals surface area contributed by atoms with Gasteiger partial charge in [0.1, 0.15) is 6.04 Å². The second kappa shape index (κ2) is 5.82. The van der Waals surface area contributed by atoms with Gasteiger partial charge >= 0.3 is 0 Å². The predicted octanol–water partition coefficient (Wildman–Crippen LogP) is -1.01. The van der Waals surface area contributed by atoms with Crippen LogP contribution in [0.15, 0.2) is 0 Å². The predicted molar refractivity (Wildman–Crippen MR) is 57.6 cm³/mol. The summed E-state index contributed by atoms with van der Waals surface area (Å²) in [5.41, 5.74) is 0. The van der Waals surface area contributed by atoms with Crippen LogP contribution in [0, 0.1) is 0 Å². The summed E-state index contributed by atoms with van der Waals surface area (Å²) in [6.07, 6.45) is 1.37. The third kappa shape index (κ3) is 3.97. The molecule has 1 saturated heterocycles. The number of Topliss-reactive ketones (excluding diaryl/α,β-unsaturated/α-hetero) is 1. The Labute approximate surface area is 90.2 Å². The van der Waals surface area contributed by atoms with Crippen LogP contribution in [0.25, 0.3) is 0 Å². The van der Waals surface area contributed by atoms with E-state index < -0.39 is 6.04 Å². The fourth-order valence-corrected chi connectivity index (χ4v) is 1.55. The van der Waals surface area contributed by atoms with Gasteiger partial charge in [-0.3, -0.25) is 14.9 Å². The van der Waals surface area contributed by atoms with Gasteiger partial charge in [0.2, 0.25) is 5.91 Å². The molecule has 1 atom stereocenters. The average Bonchev–Trinajstić information content (AvgIpc) is 2.58. The van der Waals surface area contributed by atoms with Gasteiger partial charge in [-0.15, -0.1) is 0 Å². The maximum Gasteiger partial charge on any atom is 0.244 e. The quantitative estimate of drug-likeness (QED) is 0.453. The summed E-state index contributed by atoms with van der Waals surface area (Å²) in [4.78, 5) is 24.8. The van der Waals surface area contributed by atoms with Crippen LogP contribution in [-0.2, 0) is 9.59 Å². The van der Waals surface area contributed by atoms with E-state index in [0.717, 1.165) is 13.0 Å². The molecule has 0 aromatic heterocycles. The van der Waals surface area contributed by atoms with Gasteiger partial charge in [-0.1, -0.05) is 0 Å². The van der Waals surface area contributed by atoms with Crippen molar-refractivity contribution in [1.29, 1.82) is 0 Å². The Morgan fingerprint density at radius 2 is 2.33 bits per heavy atom. The molecule has 0 spiro atoms. The van der Waals surface area contributed by atoms with E-state index in [2.05, 4.69) is 15.5 Å². The molecule has 5 nitrogen and oxygen atoms in total. The van der Waals surface area contributed by atoms with Crippen molar-refractivity contribution < 1.29 is 9.59 Å². The summed E-state index contributed by atoms with van der Waals surface area (Å²) >= 11 is 0. The van der Waals surface area contributed by atoms with Crippen LogP contribution in [0.4, 0.5) is 0 Å². The van der Waals surface area contributed by atoms with E-state index in [0.29, 0.717) is 19.5 Å². The van der Waals surface area contributed by atoms with Gasteiger partial charge in [-0.2, -0.15) is 0 Å². The summed E-state index contributed by atoms with van der Waals surface area (Å²) in [5.74, 6) is -0.184. The van der Waals surface area contributed by atoms with Crippen molar-refractivity contribution in [2.75, 3.05) is 33.7 Å². The van der Waals surface area contributed by atoms with Crippen molar-refractivity contribution in [3.8, 4) is 0 Å². The highest BCUT2D eigenvalue weighted by Gasteiger charge is 2.29. The number of nitrogens with one attached hydrogen (secondary N) is 2. The Kier molecular flexibility index (Phi) is 4.71. The fourth-order valence-electron chi connectivity index (χ4n) is 1.55. The molecule has 1 aliphatic rings. The Bertz CT molecular complexity index is 241. The first-order valence-corrected chi connectivity index (χ1v) is 5.30. The number of amides is 1. The third-order valence-corrected chi connectivity index (χ3v) is 2.39. The number of ketones is 1. The van der Waals surface area contributed by atoms with Crippen molar-refractivity contribution in [2.24, 2.45) is 0 Å². The van der Waals surface area contributed by atoms with Gasteiger partial charge in [0.05, 0.1) is 0 Å². The minimum Gasteiger partial charge on any atom is -0.354 e. The topological polar surface area (TPSA) is 61.4 Å². The summed E-state index contributed by atoms with van der Waals surface area (Å²) in [6, 6.07) is -0.607. The van der Waals surface area contributed by atoms with Gasteiger partial charge < -0.3 is 10.2 Å². The second-order valence-electron chi connectivity index (χ2n) is 4.05. The smallest absolute Gasteiger partial charge is 0.244 e. The van der Waals surface area contributed by atoms with Gasteiger partial charge in [-0.05, 0) is 27.1 Å². The molecule has 0 aromatic rings. The SMILES string of the molecule is CN(C)CCCNC(=O)C1NCCC1=O. The van der Waals surface area contributed by atoms with E-state index in [-0.39, 0.29) is 11.7 Å². The molecular formula is C10H19N3O2. The maximum absolute atomic E-state index is 11.5. The lowest BCUT2D eigenvalue weighted by atomic mass is 10.2. The van der Waals surface area contributed by atoms with Crippen LogP contribution in [0.2, 0.25) is 0 Å². The number of hydrogen-bond donors (Lipinski definition) is 2. The Balaban J connectivity index is 2.16. The van der Waals surface area contributed by atoms with Gasteiger partial charge in [0.25, 0.3) is 0 Å². The van der Waals surface area contributed by atoms with Crippen LogP contribution < -0.4 is 10.6 Å². The van der Waals surface area contributed by atoms with E-state index in [1.165, 1.54) is 0 Å². The first-order valence-electron chi connectivity index (χ1n) is 5.30. The average molecular weight is 213 g/mol. The zero-order valence-corrected chi connectivity index (χ0v) is 9.38. The van der Waals surface area contributed by atoms with E-state index >= 15 is 0 Å². The van der Waals surface area contributed by atoms with Crippen LogP contribution in [0.5, 0.6) is 0 Å². The van der Waals surface area contributed by atoms with Crippen molar-refractivity contribution in [3.05, 3.63) is 0 Å². The van der Waals surface area contributed by atoms with Crippen LogP contribution in [0.1, 0.15) is 12.8 Å². The molecule has 1 aliphatic heterocycles. The van der Waals surface area contributed by atoms with Crippen LogP contribution >= 0.6 is 0 Å². The monoisotopic (exact) mass is 213 g/mol. The number of nitrogens with zero attached hydrogens (tertiary/aromatic N) is 1. The maximum atomic E-state index is 11.5. The molecule has 1 unspecified atom stereocenters. The van der Waals surface area contributed by atoms with E-state index in [1.807, 2.05) is 14.1 Å². The summed E-state index contributed by atoms with van der Waals surface area (Å²) in [6.45, 7) is 2.18. The second-order valence-corrected chi connectivity index (χ2v) is 4.05. The highest BCUT2D eigenvalue weighted by Crippen LogP contribution is 2.00. The summed E-state index contributed by atoms with van der Waals surface area (Å²) < 4.78 is 0. The van der Waals surface area contributed by atoms with E-state index in [1.54, 1.807) is 0 Å². The van der Waals surface area contributed by atoms with E-state index in [4.69, 9.17) is 0 Å². The molecule has 5 heteroatoms. The molecule has 0 aromatic carbocycles. The molecule has 0 bridgehead atoms. The molecule has 1 rings (SSSR count). The van der Waals surface area contributed by atoms with Gasteiger partial charge in [0.15, 0.2) is 5.78 Å². The molecule has 0 radical (unpaired) electrons. The lowest BCUT2D eigenvalue weighted by molar-refractivity contribution is -0.129. The van der Waals surface area contributed by atoms with E-state index in [9.17, 15) is 9.59 Å². The number of hydrogen-bond acceptors (Lipinski definition) is 4. The first-order chi connectivity index (χ1) is 7.11. The zero-order chi connectivity index (χ0) is 11.3. The minimum atomic E-state index is -0.607. The number of carbonyl (C=O) groups excluding carboxylic acids is 2. The molecule has 86 valence electrons. The number of carbonyl (C=O) groups is 2. The summed E-state index contributed by atoms with van der Waals surface area (Å²) in [7, 11) is 3.98. The highest BCUT2D eigenvalue weighted by molar-refractivity contribution is 6.06. The lowest BCUT2D eigenvalue weighted by Gasteiger charge is -2.12. The standard InChI is InChI=1S/C10H19N3O2/c1-13(2)7-3-5-12-10(15)9-8(14)4-6-11-9/h9,11H,3-7H2,1-2H3,(H,12,15). The summed E-state index contributed by atoms with van der Waals surface area (Å²) in [5, 5.41) is 5.65. The first kappa shape index (κ1) is 12.1. The normalized spacial score (nSPS) is 21.0. The zero-order valence-electron chi connectivity index (χ0n) is 9.38. The minimum absolute atomic E-state index is 0.000101. The van der Waals surface area contributed by atoms with Crippen LogP contribution in [0.3, 0.4) is 0 Å². The molecule has 1 fully saturated rings. The van der Waals surface area contributed by atoms with Crippen LogP contribution in [-0.4, -0.2) is 56.4 Å². The Morgan fingerprint density at radius 3 is 2.87 bits per heavy atom. The Hall–Kier alpha value is -0.940. The third-order valence-electron chi connectivity index (χ3n) is 2.39. The van der Waals surface area contributed by atoms with Crippen molar-refractivity contribution in [2.45, 2.75) is 18.9 Å². The van der Waals surface area contributed by atoms with Gasteiger partial charge in [-0.25, -0.2) is 0 Å². The number of rotatable bonds is 5. The molecule has 15 heavy (non-hydrogen) atoms. The fraction of sp³-hybridized carbons (Fsp3) is 0.800.